The molecule has 0 bridgehead atoms. The summed E-state index contributed by atoms with van der Waals surface area (Å²) < 4.78 is 13.9. The van der Waals surface area contributed by atoms with Crippen LogP contribution in [0.1, 0.15) is 17.5 Å². The molecular formula is C16H18BrFN2. The summed E-state index contributed by atoms with van der Waals surface area (Å²) in [5.74, 6) is -0.210. The van der Waals surface area contributed by atoms with Gasteiger partial charge in [-0.2, -0.15) is 0 Å². The maximum absolute atomic E-state index is 13.1. The molecule has 1 N–H and O–H groups in total. The molecule has 2 nitrogen and oxygen atoms in total. The van der Waals surface area contributed by atoms with E-state index in [1.54, 1.807) is 0 Å². The number of nitrogens with zero attached hydrogens (tertiary/aromatic N) is 1. The van der Waals surface area contributed by atoms with Crippen LogP contribution in [0.4, 0.5) is 4.39 Å². The van der Waals surface area contributed by atoms with Gasteiger partial charge in [0.1, 0.15) is 5.82 Å². The van der Waals surface area contributed by atoms with Crippen molar-refractivity contribution in [2.45, 2.75) is 25.3 Å². The van der Waals surface area contributed by atoms with Crippen LogP contribution >= 0.6 is 15.9 Å². The lowest BCUT2D eigenvalue weighted by Gasteiger charge is -2.17. The van der Waals surface area contributed by atoms with E-state index < -0.39 is 0 Å². The number of aromatic nitrogens is 1. The Labute approximate surface area is 127 Å². The number of likely N-dealkylation sites (N-methyl/N-ethyl adjacent to an activating group) is 1. The summed E-state index contributed by atoms with van der Waals surface area (Å²) in [4.78, 5) is 4.02. The summed E-state index contributed by atoms with van der Waals surface area (Å²) in [5, 5.41) is 3.33. The average Bonchev–Trinajstić information content (AvgIpc) is 2.46. The van der Waals surface area contributed by atoms with Crippen LogP contribution in [0.15, 0.2) is 47.2 Å². The highest BCUT2D eigenvalue weighted by atomic mass is 79.9. The van der Waals surface area contributed by atoms with Crippen LogP contribution in [0.25, 0.3) is 0 Å². The summed E-state index contributed by atoms with van der Waals surface area (Å²) in [5.41, 5.74) is 2.42. The number of rotatable bonds is 6. The highest BCUT2D eigenvalue weighted by Gasteiger charge is 2.10. The number of halogens is 2. The molecule has 0 amide bonds. The first-order valence-corrected chi connectivity index (χ1v) is 7.48. The second-order valence-electron chi connectivity index (χ2n) is 4.82. The molecule has 0 saturated carbocycles. The molecule has 0 radical (unpaired) electrons. The Bertz CT molecular complexity index is 545. The molecule has 1 heterocycles. The van der Waals surface area contributed by atoms with Gasteiger partial charge in [0.15, 0.2) is 0 Å². The molecular weight excluding hydrogens is 319 g/mol. The molecule has 0 saturated heterocycles. The van der Waals surface area contributed by atoms with Gasteiger partial charge < -0.3 is 5.32 Å². The lowest BCUT2D eigenvalue weighted by Crippen LogP contribution is -2.28. The summed E-state index contributed by atoms with van der Waals surface area (Å²) in [6, 6.07) is 9.32. The Kier molecular flexibility index (Phi) is 5.68. The Morgan fingerprint density at radius 3 is 2.65 bits per heavy atom. The first kappa shape index (κ1) is 15.1. The van der Waals surface area contributed by atoms with Crippen molar-refractivity contribution in [3.05, 3.63) is 64.1 Å². The van der Waals surface area contributed by atoms with Gasteiger partial charge in [-0.15, -0.1) is 0 Å². The van der Waals surface area contributed by atoms with E-state index in [1.165, 1.54) is 17.7 Å². The fourth-order valence-electron chi connectivity index (χ4n) is 2.19. The predicted octanol–water partition coefficient (Wildman–Crippen LogP) is 3.75. The van der Waals surface area contributed by atoms with Crippen LogP contribution in [0, 0.1) is 5.82 Å². The number of benzene rings is 1. The molecule has 1 aromatic carbocycles. The molecule has 0 aliphatic rings. The van der Waals surface area contributed by atoms with E-state index in [0.717, 1.165) is 29.3 Å². The number of pyridine rings is 1. The molecule has 1 unspecified atom stereocenters. The van der Waals surface area contributed by atoms with Gasteiger partial charge >= 0.3 is 0 Å². The van der Waals surface area contributed by atoms with Crippen LogP contribution in [0.2, 0.25) is 0 Å². The fraction of sp³-hybridized carbons (Fsp3) is 0.312. The SMILES string of the molecule is CNC(CCc1ccncc1)Cc1ccc(F)cc1Br. The Morgan fingerprint density at radius 1 is 1.25 bits per heavy atom. The van der Waals surface area contributed by atoms with Crippen molar-refractivity contribution < 1.29 is 4.39 Å². The van der Waals surface area contributed by atoms with Crippen molar-refractivity contribution in [2.24, 2.45) is 0 Å². The van der Waals surface area contributed by atoms with Crippen molar-refractivity contribution in [1.82, 2.24) is 10.3 Å². The third-order valence-corrected chi connectivity index (χ3v) is 4.16. The van der Waals surface area contributed by atoms with Gasteiger partial charge in [0.2, 0.25) is 0 Å². The van der Waals surface area contributed by atoms with E-state index >= 15 is 0 Å². The first-order valence-electron chi connectivity index (χ1n) is 6.69. The van der Waals surface area contributed by atoms with E-state index in [2.05, 4.69) is 26.2 Å². The Hall–Kier alpha value is -1.26. The van der Waals surface area contributed by atoms with Crippen LogP contribution in [0.5, 0.6) is 0 Å². The monoisotopic (exact) mass is 336 g/mol. The summed E-state index contributed by atoms with van der Waals surface area (Å²) in [7, 11) is 1.97. The largest absolute Gasteiger partial charge is 0.317 e. The Balaban J connectivity index is 1.95. The van der Waals surface area contributed by atoms with Crippen LogP contribution in [-0.4, -0.2) is 18.1 Å². The minimum absolute atomic E-state index is 0.210. The molecule has 0 aliphatic heterocycles. The zero-order chi connectivity index (χ0) is 14.4. The first-order chi connectivity index (χ1) is 9.69. The van der Waals surface area contributed by atoms with E-state index in [9.17, 15) is 4.39 Å². The van der Waals surface area contributed by atoms with E-state index in [-0.39, 0.29) is 5.82 Å². The maximum atomic E-state index is 13.1. The summed E-state index contributed by atoms with van der Waals surface area (Å²) in [6.45, 7) is 0. The quantitative estimate of drug-likeness (QED) is 0.868. The van der Waals surface area contributed by atoms with Gasteiger partial charge in [-0.3, -0.25) is 4.98 Å². The molecule has 0 fully saturated rings. The number of nitrogens with one attached hydrogen (secondary N) is 1. The lowest BCUT2D eigenvalue weighted by molar-refractivity contribution is 0.518. The van der Waals surface area contributed by atoms with E-state index in [0.29, 0.717) is 6.04 Å². The summed E-state index contributed by atoms with van der Waals surface area (Å²) in [6.07, 6.45) is 6.56. The minimum Gasteiger partial charge on any atom is -0.317 e. The molecule has 20 heavy (non-hydrogen) atoms. The normalized spacial score (nSPS) is 12.3. The smallest absolute Gasteiger partial charge is 0.124 e. The van der Waals surface area contributed by atoms with Gasteiger partial charge in [-0.25, -0.2) is 4.39 Å². The van der Waals surface area contributed by atoms with Crippen molar-refractivity contribution in [2.75, 3.05) is 7.05 Å². The lowest BCUT2D eigenvalue weighted by atomic mass is 9.99. The van der Waals surface area contributed by atoms with Crippen LogP contribution < -0.4 is 5.32 Å². The topological polar surface area (TPSA) is 24.9 Å². The van der Waals surface area contributed by atoms with Gasteiger partial charge in [0.05, 0.1) is 0 Å². The van der Waals surface area contributed by atoms with Crippen LogP contribution in [-0.2, 0) is 12.8 Å². The second-order valence-corrected chi connectivity index (χ2v) is 5.67. The average molecular weight is 337 g/mol. The zero-order valence-corrected chi connectivity index (χ0v) is 13.0. The van der Waals surface area contributed by atoms with Crippen molar-refractivity contribution in [3.63, 3.8) is 0 Å². The molecule has 2 rings (SSSR count). The molecule has 1 aromatic heterocycles. The van der Waals surface area contributed by atoms with Crippen molar-refractivity contribution in [3.8, 4) is 0 Å². The van der Waals surface area contributed by atoms with Crippen LogP contribution in [0.3, 0.4) is 0 Å². The highest BCUT2D eigenvalue weighted by molar-refractivity contribution is 9.10. The third-order valence-electron chi connectivity index (χ3n) is 3.42. The fourth-order valence-corrected chi connectivity index (χ4v) is 2.70. The van der Waals surface area contributed by atoms with Gasteiger partial charge in [-0.05, 0) is 61.7 Å². The maximum Gasteiger partial charge on any atom is 0.124 e. The van der Waals surface area contributed by atoms with Gasteiger partial charge in [-0.1, -0.05) is 22.0 Å². The second kappa shape index (κ2) is 7.50. The number of aryl methyl sites for hydroxylation is 1. The zero-order valence-electron chi connectivity index (χ0n) is 11.4. The van der Waals surface area contributed by atoms with E-state index in [4.69, 9.17) is 0 Å². The summed E-state index contributed by atoms with van der Waals surface area (Å²) >= 11 is 3.42. The molecule has 0 spiro atoms. The highest BCUT2D eigenvalue weighted by Crippen LogP contribution is 2.20. The number of hydrogen-bond donors (Lipinski definition) is 1. The molecule has 4 heteroatoms. The minimum atomic E-state index is -0.210. The Morgan fingerprint density at radius 2 is 2.00 bits per heavy atom. The molecule has 106 valence electrons. The van der Waals surface area contributed by atoms with E-state index in [1.807, 2.05) is 37.6 Å². The van der Waals surface area contributed by atoms with Crippen molar-refractivity contribution >= 4 is 15.9 Å². The van der Waals surface area contributed by atoms with Gasteiger partial charge in [0, 0.05) is 22.9 Å². The third kappa shape index (κ3) is 4.39. The molecule has 0 aliphatic carbocycles. The van der Waals surface area contributed by atoms with Gasteiger partial charge in [0.25, 0.3) is 0 Å². The standard InChI is InChI=1S/C16H18BrFN2/c1-19-15(5-2-12-6-8-20-9-7-12)10-13-3-4-14(18)11-16(13)17/h3-4,6-9,11,15,19H,2,5,10H2,1H3. The predicted molar refractivity (Wildman–Crippen MR) is 83.2 cm³/mol. The van der Waals surface area contributed by atoms with Crippen molar-refractivity contribution in [1.29, 1.82) is 0 Å². The number of hydrogen-bond acceptors (Lipinski definition) is 2. The molecule has 1 atom stereocenters. The molecule has 2 aromatic rings.